The summed E-state index contributed by atoms with van der Waals surface area (Å²) in [4.78, 5) is 21.3. The van der Waals surface area contributed by atoms with E-state index >= 15 is 0 Å². The van der Waals surface area contributed by atoms with E-state index in [-0.39, 0.29) is 28.7 Å². The van der Waals surface area contributed by atoms with Crippen molar-refractivity contribution in [1.29, 1.82) is 0 Å². The number of hydrogen-bond donors (Lipinski definition) is 0. The number of halogens is 2. The minimum Gasteiger partial charge on any atom is -0.309 e. The van der Waals surface area contributed by atoms with Gasteiger partial charge >= 0.3 is 0 Å². The van der Waals surface area contributed by atoms with Crippen molar-refractivity contribution >= 4 is 54.8 Å². The highest BCUT2D eigenvalue weighted by atomic mass is 35.5. The molecule has 30 heavy (non-hydrogen) atoms. The van der Waals surface area contributed by atoms with Gasteiger partial charge in [-0.2, -0.15) is 0 Å². The van der Waals surface area contributed by atoms with Gasteiger partial charge < -0.3 is 4.90 Å². The molecule has 3 rings (SSSR count). The van der Waals surface area contributed by atoms with E-state index in [4.69, 9.17) is 0 Å². The molecular formula is C20H23ClFN3O3S2. The number of benzene rings is 2. The van der Waals surface area contributed by atoms with Crippen LogP contribution in [0.2, 0.25) is 0 Å². The Morgan fingerprint density at radius 3 is 2.50 bits per heavy atom. The second kappa shape index (κ2) is 9.82. The molecule has 6 nitrogen and oxygen atoms in total. The molecule has 0 fully saturated rings. The summed E-state index contributed by atoms with van der Waals surface area (Å²) in [6.07, 6.45) is 1.75. The van der Waals surface area contributed by atoms with Crippen molar-refractivity contribution in [3.05, 3.63) is 53.8 Å². The molecule has 0 aliphatic rings. The maximum absolute atomic E-state index is 13.6. The van der Waals surface area contributed by atoms with Crippen molar-refractivity contribution in [2.75, 3.05) is 38.3 Å². The highest BCUT2D eigenvalue weighted by molar-refractivity contribution is 7.90. The topological polar surface area (TPSA) is 70.6 Å². The van der Waals surface area contributed by atoms with Crippen molar-refractivity contribution in [2.45, 2.75) is 11.3 Å². The number of carbonyl (C=O) groups excluding carboxylic acids is 1. The molecule has 0 unspecified atom stereocenters. The van der Waals surface area contributed by atoms with Crippen LogP contribution in [0.25, 0.3) is 10.2 Å². The summed E-state index contributed by atoms with van der Waals surface area (Å²) in [6.45, 7) is 1.11. The second-order valence-electron chi connectivity index (χ2n) is 6.99. The third-order valence-electron chi connectivity index (χ3n) is 4.32. The van der Waals surface area contributed by atoms with Crippen LogP contribution in [0.15, 0.2) is 47.4 Å². The van der Waals surface area contributed by atoms with Gasteiger partial charge in [-0.25, -0.2) is 17.8 Å². The Labute approximate surface area is 185 Å². The molecule has 1 heterocycles. The lowest BCUT2D eigenvalue weighted by Crippen LogP contribution is -2.34. The van der Waals surface area contributed by atoms with Crippen molar-refractivity contribution in [2.24, 2.45) is 0 Å². The van der Waals surface area contributed by atoms with E-state index in [1.807, 2.05) is 19.0 Å². The summed E-state index contributed by atoms with van der Waals surface area (Å²) in [7, 11) is 0.291. The first-order valence-corrected chi connectivity index (χ1v) is 11.7. The maximum Gasteiger partial charge on any atom is 0.261 e. The summed E-state index contributed by atoms with van der Waals surface area (Å²) in [5, 5.41) is 0.415. The average Bonchev–Trinajstić information content (AvgIpc) is 3.06. The number of carbonyl (C=O) groups is 1. The fourth-order valence-electron chi connectivity index (χ4n) is 2.94. The van der Waals surface area contributed by atoms with Crippen LogP contribution in [-0.2, 0) is 9.84 Å². The fourth-order valence-corrected chi connectivity index (χ4v) is 4.84. The van der Waals surface area contributed by atoms with Crippen LogP contribution in [0.3, 0.4) is 0 Å². The molecule has 3 aromatic rings. The van der Waals surface area contributed by atoms with Crippen LogP contribution in [0.1, 0.15) is 16.8 Å². The van der Waals surface area contributed by atoms with Crippen molar-refractivity contribution < 1.29 is 17.6 Å². The maximum atomic E-state index is 13.6. The van der Waals surface area contributed by atoms with Crippen LogP contribution in [-0.4, -0.2) is 57.6 Å². The monoisotopic (exact) mass is 471 g/mol. The van der Waals surface area contributed by atoms with Gasteiger partial charge in [0, 0.05) is 12.8 Å². The summed E-state index contributed by atoms with van der Waals surface area (Å²) in [5.41, 5.74) is 0.693. The lowest BCUT2D eigenvalue weighted by molar-refractivity contribution is 0.0983. The molecule has 1 amide bonds. The Kier molecular flexibility index (Phi) is 7.93. The van der Waals surface area contributed by atoms with E-state index in [0.717, 1.165) is 12.8 Å². The van der Waals surface area contributed by atoms with Crippen LogP contribution in [0, 0.1) is 5.82 Å². The minimum absolute atomic E-state index is 0. The third-order valence-corrected chi connectivity index (χ3v) is 6.52. The summed E-state index contributed by atoms with van der Waals surface area (Å²) >= 11 is 1.21. The van der Waals surface area contributed by atoms with Crippen LogP contribution in [0.4, 0.5) is 9.52 Å². The van der Waals surface area contributed by atoms with Gasteiger partial charge in [-0.15, -0.1) is 12.4 Å². The van der Waals surface area contributed by atoms with E-state index in [2.05, 4.69) is 4.98 Å². The molecule has 0 radical (unpaired) electrons. The molecule has 162 valence electrons. The number of aromatic nitrogens is 1. The molecular weight excluding hydrogens is 449 g/mol. The van der Waals surface area contributed by atoms with E-state index < -0.39 is 15.7 Å². The Morgan fingerprint density at radius 1 is 1.13 bits per heavy atom. The van der Waals surface area contributed by atoms with Gasteiger partial charge in [-0.05, 0) is 57.4 Å². The molecule has 0 aliphatic carbocycles. The number of fused-ring (bicyclic) bond motifs is 1. The standard InChI is InChI=1S/C20H22FN3O3S2.ClH/c1-23(2)11-6-12-24(20-22-16-10-9-14(21)13-17(16)28-20)19(25)15-7-4-5-8-18(15)29(3,26)27;/h4-5,7-10,13H,6,11-12H2,1-3H3;1H. The first kappa shape index (κ1) is 24.2. The largest absolute Gasteiger partial charge is 0.309 e. The molecule has 1 aromatic heterocycles. The Hall–Kier alpha value is -2.07. The van der Waals surface area contributed by atoms with Crippen molar-refractivity contribution in [1.82, 2.24) is 9.88 Å². The fraction of sp³-hybridized carbons (Fsp3) is 0.300. The third kappa shape index (κ3) is 5.54. The SMILES string of the molecule is CN(C)CCCN(C(=O)c1ccccc1S(C)(=O)=O)c1nc2ccc(F)cc2s1.Cl. The van der Waals surface area contributed by atoms with Gasteiger partial charge in [0.15, 0.2) is 15.0 Å². The summed E-state index contributed by atoms with van der Waals surface area (Å²) < 4.78 is 38.5. The number of sulfone groups is 1. The number of anilines is 1. The zero-order valence-electron chi connectivity index (χ0n) is 16.8. The quantitative estimate of drug-likeness (QED) is 0.523. The Balaban J connectivity index is 0.00000320. The molecule has 2 aromatic carbocycles. The Morgan fingerprint density at radius 2 is 1.83 bits per heavy atom. The average molecular weight is 472 g/mol. The highest BCUT2D eigenvalue weighted by Gasteiger charge is 2.26. The number of amides is 1. The number of thiazole rings is 1. The molecule has 0 saturated carbocycles. The van der Waals surface area contributed by atoms with Crippen molar-refractivity contribution in [3.63, 3.8) is 0 Å². The molecule has 0 saturated heterocycles. The van der Waals surface area contributed by atoms with Crippen LogP contribution >= 0.6 is 23.7 Å². The predicted octanol–water partition coefficient (Wildman–Crippen LogP) is 3.86. The number of rotatable bonds is 7. The van der Waals surface area contributed by atoms with E-state index in [9.17, 15) is 17.6 Å². The van der Waals surface area contributed by atoms with Gasteiger partial charge in [-0.3, -0.25) is 9.69 Å². The summed E-state index contributed by atoms with van der Waals surface area (Å²) in [5.74, 6) is -0.815. The van der Waals surface area contributed by atoms with E-state index in [1.54, 1.807) is 18.2 Å². The second-order valence-corrected chi connectivity index (χ2v) is 9.98. The number of hydrogen-bond acceptors (Lipinski definition) is 6. The van der Waals surface area contributed by atoms with Crippen molar-refractivity contribution in [3.8, 4) is 0 Å². The predicted molar refractivity (Wildman–Crippen MR) is 121 cm³/mol. The molecule has 0 N–H and O–H groups in total. The highest BCUT2D eigenvalue weighted by Crippen LogP contribution is 2.31. The summed E-state index contributed by atoms with van der Waals surface area (Å²) in [6, 6.07) is 10.4. The van der Waals surface area contributed by atoms with E-state index in [0.29, 0.717) is 28.3 Å². The van der Waals surface area contributed by atoms with Gasteiger partial charge in [0.2, 0.25) is 0 Å². The molecule has 10 heteroatoms. The molecule has 0 bridgehead atoms. The number of nitrogens with zero attached hydrogens (tertiary/aromatic N) is 3. The van der Waals surface area contributed by atoms with Gasteiger partial charge in [0.25, 0.3) is 5.91 Å². The zero-order chi connectivity index (χ0) is 21.2. The first-order chi connectivity index (χ1) is 13.7. The molecule has 0 aliphatic heterocycles. The van der Waals surface area contributed by atoms with Crippen LogP contribution < -0.4 is 4.90 Å². The smallest absolute Gasteiger partial charge is 0.261 e. The normalized spacial score (nSPS) is 11.5. The van der Waals surface area contributed by atoms with Crippen LogP contribution in [0.5, 0.6) is 0 Å². The molecule has 0 spiro atoms. The van der Waals surface area contributed by atoms with E-state index in [1.165, 1.54) is 40.5 Å². The van der Waals surface area contributed by atoms with Gasteiger partial charge in [-0.1, -0.05) is 23.5 Å². The minimum atomic E-state index is -3.58. The lowest BCUT2D eigenvalue weighted by atomic mass is 10.2. The Bertz CT molecular complexity index is 1150. The lowest BCUT2D eigenvalue weighted by Gasteiger charge is -2.22. The first-order valence-electron chi connectivity index (χ1n) is 8.98. The van der Waals surface area contributed by atoms with Gasteiger partial charge in [0.05, 0.1) is 20.7 Å². The zero-order valence-corrected chi connectivity index (χ0v) is 19.3. The van der Waals surface area contributed by atoms with Gasteiger partial charge in [0.1, 0.15) is 5.82 Å². The molecule has 0 atom stereocenters.